The summed E-state index contributed by atoms with van der Waals surface area (Å²) in [5.41, 5.74) is 0.621. The lowest BCUT2D eigenvalue weighted by Crippen LogP contribution is -2.25. The van der Waals surface area contributed by atoms with E-state index in [1.807, 2.05) is 0 Å². The fourth-order valence-corrected chi connectivity index (χ4v) is 1.94. The predicted octanol–water partition coefficient (Wildman–Crippen LogP) is 1.85. The van der Waals surface area contributed by atoms with Crippen LogP contribution >= 0.6 is 15.9 Å². The number of halogens is 1. The molecule has 1 aliphatic carbocycles. The average molecular weight is 296 g/mol. The molecule has 0 saturated heterocycles. The first-order valence-electron chi connectivity index (χ1n) is 5.61. The first-order chi connectivity index (χ1) is 8.22. The lowest BCUT2D eigenvalue weighted by molar-refractivity contribution is 0.532. The van der Waals surface area contributed by atoms with E-state index in [4.69, 9.17) is 0 Å². The van der Waals surface area contributed by atoms with Gasteiger partial charge in [-0.1, -0.05) is 5.92 Å². The molecule has 1 fully saturated rings. The third-order valence-corrected chi connectivity index (χ3v) is 3.42. The molecule has 0 aliphatic heterocycles. The van der Waals surface area contributed by atoms with E-state index in [0.717, 1.165) is 6.54 Å². The Morgan fingerprint density at radius 1 is 1.65 bits per heavy atom. The molecule has 0 unspecified atom stereocenters. The first-order valence-corrected chi connectivity index (χ1v) is 6.40. The lowest BCUT2D eigenvalue weighted by atomic mass is 10.4. The largest absolute Gasteiger partial charge is 0.372 e. The Morgan fingerprint density at radius 3 is 3.06 bits per heavy atom. The van der Waals surface area contributed by atoms with Gasteiger partial charge in [0.05, 0.1) is 18.4 Å². The Hall–Kier alpha value is -1.28. The molecule has 1 aliphatic rings. The number of rotatable bonds is 4. The van der Waals surface area contributed by atoms with Crippen LogP contribution in [0.5, 0.6) is 0 Å². The van der Waals surface area contributed by atoms with Crippen LogP contribution < -0.4 is 10.9 Å². The minimum atomic E-state index is -0.0774. The molecule has 17 heavy (non-hydrogen) atoms. The van der Waals surface area contributed by atoms with E-state index in [1.165, 1.54) is 17.5 Å². The van der Waals surface area contributed by atoms with Gasteiger partial charge in [-0.25, -0.2) is 4.68 Å². The molecule has 2 rings (SSSR count). The Kier molecular flexibility index (Phi) is 3.85. The summed E-state index contributed by atoms with van der Waals surface area (Å²) in [6.07, 6.45) is 4.08. The molecule has 5 heteroatoms. The summed E-state index contributed by atoms with van der Waals surface area (Å²) in [4.78, 5) is 12.0. The molecule has 1 heterocycles. The van der Waals surface area contributed by atoms with E-state index in [9.17, 15) is 4.79 Å². The summed E-state index contributed by atoms with van der Waals surface area (Å²) in [6.45, 7) is 3.03. The van der Waals surface area contributed by atoms with E-state index in [0.29, 0.717) is 22.6 Å². The molecule has 0 aromatic carbocycles. The van der Waals surface area contributed by atoms with Crippen molar-refractivity contribution >= 4 is 21.6 Å². The number of hydrogen-bond acceptors (Lipinski definition) is 3. The highest BCUT2D eigenvalue weighted by Gasteiger charge is 2.23. The highest BCUT2D eigenvalue weighted by Crippen LogP contribution is 2.30. The lowest BCUT2D eigenvalue weighted by Gasteiger charge is -2.08. The number of anilines is 1. The zero-order valence-corrected chi connectivity index (χ0v) is 11.2. The molecule has 0 radical (unpaired) electrons. The van der Waals surface area contributed by atoms with Gasteiger partial charge >= 0.3 is 0 Å². The number of hydrogen-bond donors (Lipinski definition) is 1. The molecule has 1 aromatic rings. The minimum absolute atomic E-state index is 0.0774. The van der Waals surface area contributed by atoms with E-state index in [2.05, 4.69) is 38.2 Å². The van der Waals surface area contributed by atoms with Crippen LogP contribution in [0.4, 0.5) is 5.69 Å². The average Bonchev–Trinajstić information content (AvgIpc) is 3.12. The number of nitrogens with one attached hydrogen (secondary N) is 1. The number of nitrogens with zero attached hydrogens (tertiary/aromatic N) is 2. The monoisotopic (exact) mass is 295 g/mol. The van der Waals surface area contributed by atoms with Gasteiger partial charge in [0, 0.05) is 6.54 Å². The van der Waals surface area contributed by atoms with E-state index >= 15 is 0 Å². The second-order valence-corrected chi connectivity index (χ2v) is 4.88. The van der Waals surface area contributed by atoms with Crippen molar-refractivity contribution in [3.8, 4) is 11.8 Å². The predicted molar refractivity (Wildman–Crippen MR) is 70.9 cm³/mol. The molecule has 0 bridgehead atoms. The Bertz CT molecular complexity index is 523. The Labute approximate surface area is 109 Å². The van der Waals surface area contributed by atoms with Gasteiger partial charge in [-0.3, -0.25) is 4.79 Å². The van der Waals surface area contributed by atoms with Crippen LogP contribution in [0.15, 0.2) is 15.5 Å². The topological polar surface area (TPSA) is 46.9 Å². The van der Waals surface area contributed by atoms with Gasteiger partial charge < -0.3 is 5.32 Å². The van der Waals surface area contributed by atoms with Gasteiger partial charge in [0.25, 0.3) is 5.56 Å². The molecule has 0 atom stereocenters. The molecule has 4 nitrogen and oxygen atoms in total. The van der Waals surface area contributed by atoms with Crippen molar-refractivity contribution in [2.45, 2.75) is 26.3 Å². The quantitative estimate of drug-likeness (QED) is 0.863. The normalized spacial score (nSPS) is 14.0. The highest BCUT2D eigenvalue weighted by molar-refractivity contribution is 9.10. The maximum absolute atomic E-state index is 12.0. The van der Waals surface area contributed by atoms with E-state index in [-0.39, 0.29) is 5.56 Å². The summed E-state index contributed by atoms with van der Waals surface area (Å²) in [5.74, 6) is 6.30. The summed E-state index contributed by atoms with van der Waals surface area (Å²) >= 11 is 3.31. The summed E-state index contributed by atoms with van der Waals surface area (Å²) < 4.78 is 2.06. The van der Waals surface area contributed by atoms with E-state index < -0.39 is 0 Å². The molecular weight excluding hydrogens is 282 g/mol. The molecule has 1 aromatic heterocycles. The fraction of sp³-hybridized carbons (Fsp3) is 0.500. The Morgan fingerprint density at radius 2 is 2.41 bits per heavy atom. The first kappa shape index (κ1) is 12.2. The van der Waals surface area contributed by atoms with Crippen molar-refractivity contribution in [1.29, 1.82) is 0 Å². The molecular formula is C12H14BrN3O. The van der Waals surface area contributed by atoms with Crippen molar-refractivity contribution in [2.24, 2.45) is 5.92 Å². The van der Waals surface area contributed by atoms with Crippen LogP contribution in [0.1, 0.15) is 19.8 Å². The molecule has 0 amide bonds. The van der Waals surface area contributed by atoms with Crippen molar-refractivity contribution in [3.63, 3.8) is 0 Å². The second kappa shape index (κ2) is 5.37. The number of aromatic nitrogens is 2. The van der Waals surface area contributed by atoms with E-state index in [1.54, 1.807) is 13.1 Å². The van der Waals surface area contributed by atoms with Crippen molar-refractivity contribution < 1.29 is 0 Å². The SMILES string of the molecule is CC#CCNc1cnn(CC2CC2)c(=O)c1Br. The fourth-order valence-electron chi connectivity index (χ4n) is 1.49. The molecule has 90 valence electrons. The van der Waals surface area contributed by atoms with Crippen LogP contribution in [-0.2, 0) is 6.54 Å². The van der Waals surface area contributed by atoms with Gasteiger partial charge in [0.2, 0.25) is 0 Å². The summed E-state index contributed by atoms with van der Waals surface area (Å²) in [6, 6.07) is 0. The maximum Gasteiger partial charge on any atom is 0.283 e. The van der Waals surface area contributed by atoms with Gasteiger partial charge in [0.1, 0.15) is 4.47 Å². The van der Waals surface area contributed by atoms with Crippen molar-refractivity contribution in [2.75, 3.05) is 11.9 Å². The van der Waals surface area contributed by atoms with Crippen LogP contribution in [0.3, 0.4) is 0 Å². The standard InChI is InChI=1S/C12H14BrN3O/c1-2-3-6-14-10-7-15-16(8-9-4-5-9)12(17)11(10)13/h7,9,14H,4-6,8H2,1H3. The van der Waals surface area contributed by atoms with Crippen LogP contribution in [0.2, 0.25) is 0 Å². The van der Waals surface area contributed by atoms with Gasteiger partial charge in [-0.05, 0) is 41.6 Å². The van der Waals surface area contributed by atoms with Crippen molar-refractivity contribution in [1.82, 2.24) is 9.78 Å². The molecule has 1 N–H and O–H groups in total. The van der Waals surface area contributed by atoms with Gasteiger partial charge in [-0.2, -0.15) is 5.10 Å². The minimum Gasteiger partial charge on any atom is -0.372 e. The smallest absolute Gasteiger partial charge is 0.283 e. The summed E-state index contributed by atoms with van der Waals surface area (Å²) in [7, 11) is 0. The second-order valence-electron chi connectivity index (χ2n) is 4.08. The third-order valence-electron chi connectivity index (χ3n) is 2.66. The van der Waals surface area contributed by atoms with Gasteiger partial charge in [0.15, 0.2) is 0 Å². The summed E-state index contributed by atoms with van der Waals surface area (Å²) in [5, 5.41) is 7.22. The van der Waals surface area contributed by atoms with Crippen molar-refractivity contribution in [3.05, 3.63) is 21.0 Å². The van der Waals surface area contributed by atoms with Crippen LogP contribution in [0, 0.1) is 17.8 Å². The maximum atomic E-state index is 12.0. The van der Waals surface area contributed by atoms with Gasteiger partial charge in [-0.15, -0.1) is 5.92 Å². The molecule has 0 spiro atoms. The Balaban J connectivity index is 2.15. The third kappa shape index (κ3) is 3.10. The van der Waals surface area contributed by atoms with Crippen LogP contribution in [-0.4, -0.2) is 16.3 Å². The zero-order chi connectivity index (χ0) is 12.3. The molecule has 1 saturated carbocycles. The zero-order valence-electron chi connectivity index (χ0n) is 9.66. The van der Waals surface area contributed by atoms with Crippen LogP contribution in [0.25, 0.3) is 0 Å². The highest BCUT2D eigenvalue weighted by atomic mass is 79.9.